The second kappa shape index (κ2) is 22.3. The van der Waals surface area contributed by atoms with Crippen molar-refractivity contribution >= 4 is 34.6 Å². The summed E-state index contributed by atoms with van der Waals surface area (Å²) in [6, 6.07) is 9.25. The number of ether oxygens (including phenoxy) is 12. The largest absolute Gasteiger partial charge is 0.490 e. The first-order valence-corrected chi connectivity index (χ1v) is 18.1. The topological polar surface area (TPSA) is 221 Å². The van der Waals surface area contributed by atoms with Crippen LogP contribution in [0.5, 0.6) is 34.5 Å². The van der Waals surface area contributed by atoms with E-state index in [1.165, 1.54) is 12.1 Å². The van der Waals surface area contributed by atoms with Crippen molar-refractivity contribution in [1.29, 1.82) is 0 Å². The molecule has 0 saturated heterocycles. The summed E-state index contributed by atoms with van der Waals surface area (Å²) in [5.41, 5.74) is 13.6. The van der Waals surface area contributed by atoms with Gasteiger partial charge in [0.15, 0.2) is 23.0 Å². The number of nitrogens with two attached hydrogens (primary N) is 2. The van der Waals surface area contributed by atoms with Crippen LogP contribution in [-0.4, -0.2) is 132 Å². The molecule has 2 aliphatic heterocycles. The Balaban J connectivity index is 1.40. The number of fused-ring (bicyclic) bond motifs is 2. The molecule has 3 aromatic rings. The number of rotatable bonds is 24. The molecule has 0 fully saturated rings. The van der Waals surface area contributed by atoms with E-state index in [1.807, 2.05) is 0 Å². The van der Waals surface area contributed by atoms with Gasteiger partial charge >= 0.3 is 0 Å². The van der Waals surface area contributed by atoms with E-state index in [1.54, 1.807) is 38.5 Å². The van der Waals surface area contributed by atoms with Gasteiger partial charge in [0, 0.05) is 20.3 Å². The third kappa shape index (κ3) is 11.9. The monoisotopic (exact) mass is 786 g/mol. The lowest BCUT2D eigenvalue weighted by molar-refractivity contribution is 0.0174. The van der Waals surface area contributed by atoms with E-state index in [9.17, 15) is 9.59 Å². The van der Waals surface area contributed by atoms with Crippen molar-refractivity contribution in [3.63, 3.8) is 0 Å². The van der Waals surface area contributed by atoms with Gasteiger partial charge in [-0.1, -0.05) is 0 Å². The highest BCUT2D eigenvalue weighted by Crippen LogP contribution is 2.44. The first-order valence-electron chi connectivity index (χ1n) is 18.1. The molecule has 56 heavy (non-hydrogen) atoms. The highest BCUT2D eigenvalue weighted by atomic mass is 16.6. The van der Waals surface area contributed by atoms with Crippen LogP contribution < -0.4 is 50.5 Å². The van der Waals surface area contributed by atoms with Gasteiger partial charge in [0.05, 0.1) is 99.9 Å². The summed E-state index contributed by atoms with van der Waals surface area (Å²) in [5, 5.41) is 5.71. The first kappa shape index (κ1) is 41.9. The zero-order valence-electron chi connectivity index (χ0n) is 31.6. The van der Waals surface area contributed by atoms with E-state index in [-0.39, 0.29) is 73.8 Å². The average molecular weight is 787 g/mol. The van der Waals surface area contributed by atoms with Crippen LogP contribution in [0.25, 0.3) is 0 Å². The molecular weight excluding hydrogens is 736 g/mol. The van der Waals surface area contributed by atoms with Crippen molar-refractivity contribution in [3.8, 4) is 34.5 Å². The van der Waals surface area contributed by atoms with Gasteiger partial charge in [0.25, 0.3) is 11.8 Å². The minimum Gasteiger partial charge on any atom is -0.490 e. The fourth-order valence-corrected chi connectivity index (χ4v) is 5.40. The van der Waals surface area contributed by atoms with Crippen molar-refractivity contribution in [2.75, 3.05) is 142 Å². The summed E-state index contributed by atoms with van der Waals surface area (Å²) in [7, 11) is 3.19. The number of nitrogens with one attached hydrogen (secondary N) is 2. The summed E-state index contributed by atoms with van der Waals surface area (Å²) in [5.74, 6) is 0.198. The maximum atomic E-state index is 14.1. The van der Waals surface area contributed by atoms with E-state index in [2.05, 4.69) is 10.6 Å². The summed E-state index contributed by atoms with van der Waals surface area (Å²) < 4.78 is 67.4. The number of amides is 2. The third-order valence-electron chi connectivity index (χ3n) is 8.08. The minimum absolute atomic E-state index is 0.0103. The zero-order chi connectivity index (χ0) is 39.5. The van der Waals surface area contributed by atoms with Gasteiger partial charge in [-0.3, -0.25) is 9.59 Å². The molecule has 18 heteroatoms. The van der Waals surface area contributed by atoms with Crippen LogP contribution >= 0.6 is 0 Å². The zero-order valence-corrected chi connectivity index (χ0v) is 31.6. The molecule has 18 nitrogen and oxygen atoms in total. The Hall–Kier alpha value is -5.24. The standard InChI is InChI=1S/C38H50N4O14/c1-45-7-9-47-11-13-49-15-17-51-31-24-32(52-18-16-50-14-12-48-10-8-46-2)26(38(44)42-30-6-4-28(40)34-36(30)56-22-20-54-34)23-25(31)37(43)41-29-5-3-27(39)33-35(29)55-21-19-53-33/h3-6,23-24H,7-22,39-40H2,1-2H3,(H,41,43)(H,42,44). The normalized spacial score (nSPS) is 12.9. The molecule has 0 aromatic heterocycles. The fraction of sp³-hybridized carbons (Fsp3) is 0.474. The molecular formula is C38H50N4O14. The predicted octanol–water partition coefficient (Wildman–Crippen LogP) is 3.01. The summed E-state index contributed by atoms with van der Waals surface area (Å²) in [4.78, 5) is 28.3. The number of methoxy groups -OCH3 is 2. The number of carbonyl (C=O) groups excluding carboxylic acids is 2. The second-order valence-corrected chi connectivity index (χ2v) is 12.0. The Morgan fingerprint density at radius 2 is 0.875 bits per heavy atom. The van der Waals surface area contributed by atoms with Gasteiger partial charge in [0.1, 0.15) is 51.1 Å². The predicted molar refractivity (Wildman–Crippen MR) is 204 cm³/mol. The Morgan fingerprint density at radius 3 is 1.27 bits per heavy atom. The second-order valence-electron chi connectivity index (χ2n) is 12.0. The van der Waals surface area contributed by atoms with Crippen LogP contribution in [0.4, 0.5) is 22.7 Å². The van der Waals surface area contributed by atoms with Crippen molar-refractivity contribution < 1.29 is 66.4 Å². The highest BCUT2D eigenvalue weighted by Gasteiger charge is 2.27. The number of hydrogen-bond donors (Lipinski definition) is 4. The van der Waals surface area contributed by atoms with Crippen LogP contribution in [0.1, 0.15) is 20.7 Å². The Labute approximate surface area is 324 Å². The lowest BCUT2D eigenvalue weighted by Crippen LogP contribution is -2.22. The highest BCUT2D eigenvalue weighted by molar-refractivity contribution is 6.12. The van der Waals surface area contributed by atoms with Gasteiger partial charge in [-0.2, -0.15) is 0 Å². The quantitative estimate of drug-likeness (QED) is 0.0757. The van der Waals surface area contributed by atoms with Gasteiger partial charge in [-0.25, -0.2) is 0 Å². The van der Waals surface area contributed by atoms with Crippen LogP contribution in [0, 0.1) is 0 Å². The van der Waals surface area contributed by atoms with Gasteiger partial charge in [0.2, 0.25) is 0 Å². The lowest BCUT2D eigenvalue weighted by Gasteiger charge is -2.23. The molecule has 0 atom stereocenters. The molecule has 306 valence electrons. The van der Waals surface area contributed by atoms with Crippen molar-refractivity contribution in [1.82, 2.24) is 0 Å². The molecule has 6 N–H and O–H groups in total. The van der Waals surface area contributed by atoms with E-state index in [0.29, 0.717) is 100 Å². The molecule has 5 rings (SSSR count). The average Bonchev–Trinajstić information content (AvgIpc) is 3.21. The van der Waals surface area contributed by atoms with Crippen molar-refractivity contribution in [2.24, 2.45) is 0 Å². The Morgan fingerprint density at radius 1 is 0.518 bits per heavy atom. The van der Waals surface area contributed by atoms with E-state index >= 15 is 0 Å². The molecule has 3 aromatic carbocycles. The Kier molecular flexibility index (Phi) is 16.7. The molecule has 0 saturated carbocycles. The number of anilines is 4. The molecule has 0 bridgehead atoms. The molecule has 0 aliphatic carbocycles. The SMILES string of the molecule is COCCOCCOCCOc1cc(OCCOCCOCCOC)c(C(=O)Nc2ccc(N)c3c2OCCO3)cc1C(=O)Nc1ccc(N)c2c1OCCO2. The molecule has 0 radical (unpaired) electrons. The van der Waals surface area contributed by atoms with E-state index in [4.69, 9.17) is 68.3 Å². The molecule has 0 unspecified atom stereocenters. The smallest absolute Gasteiger partial charge is 0.259 e. The lowest BCUT2D eigenvalue weighted by atomic mass is 10.1. The summed E-state index contributed by atoms with van der Waals surface area (Å²) in [6.07, 6.45) is 0. The number of hydrogen-bond acceptors (Lipinski definition) is 16. The van der Waals surface area contributed by atoms with Gasteiger partial charge in [-0.15, -0.1) is 0 Å². The maximum Gasteiger partial charge on any atom is 0.259 e. The Bertz CT molecular complexity index is 1620. The van der Waals surface area contributed by atoms with Crippen molar-refractivity contribution in [2.45, 2.75) is 0 Å². The number of carbonyl (C=O) groups is 2. The number of nitrogen functional groups attached to an aromatic ring is 2. The van der Waals surface area contributed by atoms with Crippen LogP contribution in [0.2, 0.25) is 0 Å². The molecule has 0 spiro atoms. The van der Waals surface area contributed by atoms with Crippen LogP contribution in [-0.2, 0) is 28.4 Å². The minimum atomic E-state index is -0.618. The number of benzene rings is 3. The van der Waals surface area contributed by atoms with Gasteiger partial charge < -0.3 is 78.9 Å². The maximum absolute atomic E-state index is 14.1. The molecule has 2 amide bonds. The third-order valence-corrected chi connectivity index (χ3v) is 8.08. The first-order chi connectivity index (χ1) is 27.4. The van der Waals surface area contributed by atoms with Crippen molar-refractivity contribution in [3.05, 3.63) is 47.5 Å². The fourth-order valence-electron chi connectivity index (χ4n) is 5.40. The van der Waals surface area contributed by atoms with E-state index in [0.717, 1.165) is 0 Å². The van der Waals surface area contributed by atoms with E-state index < -0.39 is 11.8 Å². The summed E-state index contributed by atoms with van der Waals surface area (Å²) in [6.45, 7) is 4.80. The molecule has 2 heterocycles. The van der Waals surface area contributed by atoms with Crippen LogP contribution in [0.3, 0.4) is 0 Å². The summed E-state index contributed by atoms with van der Waals surface area (Å²) >= 11 is 0. The van der Waals surface area contributed by atoms with Crippen LogP contribution in [0.15, 0.2) is 36.4 Å². The molecule has 2 aliphatic rings. The van der Waals surface area contributed by atoms with Gasteiger partial charge in [-0.05, 0) is 30.3 Å².